The number of nitrogens with one attached hydrogen (secondary N) is 1. The highest BCUT2D eigenvalue weighted by Gasteiger charge is 2.20. The van der Waals surface area contributed by atoms with Crippen LogP contribution in [0.3, 0.4) is 0 Å². The van der Waals surface area contributed by atoms with Gasteiger partial charge in [-0.2, -0.15) is 0 Å². The molecule has 0 spiro atoms. The van der Waals surface area contributed by atoms with E-state index in [0.717, 1.165) is 0 Å². The first-order chi connectivity index (χ1) is 6.65. The van der Waals surface area contributed by atoms with Crippen LogP contribution in [-0.2, 0) is 14.3 Å². The summed E-state index contributed by atoms with van der Waals surface area (Å²) in [6, 6.07) is -0.844. The number of rotatable bonds is 5. The van der Waals surface area contributed by atoms with Gasteiger partial charge in [-0.3, -0.25) is 4.39 Å². The maximum atomic E-state index is 11.8. The topological polar surface area (TPSA) is 64.6 Å². The molecule has 0 radical (unpaired) electrons. The van der Waals surface area contributed by atoms with E-state index in [-0.39, 0.29) is 12.8 Å². The molecular formula is C8H14FNO4. The Kier molecular flexibility index (Phi) is 6.43. The van der Waals surface area contributed by atoms with Crippen molar-refractivity contribution in [2.45, 2.75) is 18.9 Å². The number of methoxy groups -OCH3 is 2. The van der Waals surface area contributed by atoms with E-state index in [1.807, 2.05) is 0 Å². The van der Waals surface area contributed by atoms with E-state index in [1.165, 1.54) is 14.2 Å². The van der Waals surface area contributed by atoms with E-state index in [9.17, 15) is 14.0 Å². The van der Waals surface area contributed by atoms with Crippen LogP contribution in [0.4, 0.5) is 9.18 Å². The third-order valence-corrected chi connectivity index (χ3v) is 1.59. The number of ether oxygens (including phenoxy) is 2. The van der Waals surface area contributed by atoms with Crippen LogP contribution in [-0.4, -0.2) is 39.0 Å². The highest BCUT2D eigenvalue weighted by Crippen LogP contribution is 2.00. The average Bonchev–Trinajstić information content (AvgIpc) is 2.22. The Hall–Kier alpha value is -1.33. The SMILES string of the molecule is COC(=O)NC(CCCF)C(=O)OC. The van der Waals surface area contributed by atoms with Crippen LogP contribution in [0.1, 0.15) is 12.8 Å². The fourth-order valence-corrected chi connectivity index (χ4v) is 0.874. The number of hydrogen-bond donors (Lipinski definition) is 1. The fraction of sp³-hybridized carbons (Fsp3) is 0.750. The lowest BCUT2D eigenvalue weighted by molar-refractivity contribution is -0.143. The van der Waals surface area contributed by atoms with Gasteiger partial charge in [0.2, 0.25) is 0 Å². The predicted molar refractivity (Wildman–Crippen MR) is 46.6 cm³/mol. The second-order valence-electron chi connectivity index (χ2n) is 2.54. The Balaban J connectivity index is 4.09. The van der Waals surface area contributed by atoms with E-state index in [1.54, 1.807) is 0 Å². The lowest BCUT2D eigenvalue weighted by Gasteiger charge is -2.14. The molecule has 0 saturated carbocycles. The first-order valence-electron chi connectivity index (χ1n) is 4.14. The molecule has 82 valence electrons. The summed E-state index contributed by atoms with van der Waals surface area (Å²) in [6.07, 6.45) is -0.360. The zero-order chi connectivity index (χ0) is 11.0. The van der Waals surface area contributed by atoms with Crippen LogP contribution < -0.4 is 5.32 Å². The number of hydrogen-bond acceptors (Lipinski definition) is 4. The molecule has 0 aromatic carbocycles. The number of carbonyl (C=O) groups excluding carboxylic acids is 2. The normalized spacial score (nSPS) is 11.6. The minimum atomic E-state index is -0.844. The lowest BCUT2D eigenvalue weighted by Crippen LogP contribution is -2.41. The van der Waals surface area contributed by atoms with E-state index >= 15 is 0 Å². The zero-order valence-electron chi connectivity index (χ0n) is 8.21. The monoisotopic (exact) mass is 207 g/mol. The second-order valence-corrected chi connectivity index (χ2v) is 2.54. The van der Waals surface area contributed by atoms with Crippen LogP contribution in [0.5, 0.6) is 0 Å². The molecule has 1 N–H and O–H groups in total. The molecule has 1 atom stereocenters. The Morgan fingerprint density at radius 3 is 2.43 bits per heavy atom. The summed E-state index contributed by atoms with van der Waals surface area (Å²) >= 11 is 0. The molecule has 0 rings (SSSR count). The van der Waals surface area contributed by atoms with E-state index in [4.69, 9.17) is 0 Å². The molecule has 0 aromatic heterocycles. The van der Waals surface area contributed by atoms with Crippen molar-refractivity contribution in [3.8, 4) is 0 Å². The Morgan fingerprint density at radius 1 is 1.36 bits per heavy atom. The Bertz CT molecular complexity index is 198. The number of alkyl halides is 1. The van der Waals surface area contributed by atoms with Crippen molar-refractivity contribution in [3.63, 3.8) is 0 Å². The average molecular weight is 207 g/mol. The predicted octanol–water partition coefficient (Wildman–Crippen LogP) is 0.634. The fourth-order valence-electron chi connectivity index (χ4n) is 0.874. The number of amides is 1. The van der Waals surface area contributed by atoms with Gasteiger partial charge >= 0.3 is 12.1 Å². The highest BCUT2D eigenvalue weighted by molar-refractivity contribution is 5.81. The maximum Gasteiger partial charge on any atom is 0.407 e. The van der Waals surface area contributed by atoms with E-state index in [2.05, 4.69) is 14.8 Å². The summed E-state index contributed by atoms with van der Waals surface area (Å²) < 4.78 is 20.6. The van der Waals surface area contributed by atoms with Crippen molar-refractivity contribution < 1.29 is 23.5 Å². The van der Waals surface area contributed by atoms with Gasteiger partial charge in [0.15, 0.2) is 0 Å². The van der Waals surface area contributed by atoms with Crippen molar-refractivity contribution in [2.75, 3.05) is 20.9 Å². The van der Waals surface area contributed by atoms with E-state index in [0.29, 0.717) is 0 Å². The first-order valence-corrected chi connectivity index (χ1v) is 4.14. The molecule has 0 aromatic rings. The van der Waals surface area contributed by atoms with Gasteiger partial charge in [0.1, 0.15) is 6.04 Å². The largest absolute Gasteiger partial charge is 0.467 e. The summed E-state index contributed by atoms with van der Waals surface area (Å²) in [5, 5.41) is 2.25. The van der Waals surface area contributed by atoms with Gasteiger partial charge in [-0.05, 0) is 12.8 Å². The van der Waals surface area contributed by atoms with Gasteiger partial charge in [-0.15, -0.1) is 0 Å². The van der Waals surface area contributed by atoms with Gasteiger partial charge in [0.25, 0.3) is 0 Å². The van der Waals surface area contributed by atoms with E-state index < -0.39 is 24.8 Å². The Labute approximate surface area is 81.6 Å². The summed E-state index contributed by atoms with van der Waals surface area (Å²) in [7, 11) is 2.38. The van der Waals surface area contributed by atoms with Crippen LogP contribution in [0.15, 0.2) is 0 Å². The summed E-state index contributed by atoms with van der Waals surface area (Å²) in [4.78, 5) is 21.8. The van der Waals surface area contributed by atoms with Gasteiger partial charge in [-0.1, -0.05) is 0 Å². The summed E-state index contributed by atoms with van der Waals surface area (Å²) in [5.41, 5.74) is 0. The molecule has 0 bridgehead atoms. The molecule has 6 heteroatoms. The van der Waals surface area contributed by atoms with Crippen LogP contribution >= 0.6 is 0 Å². The standard InChI is InChI=1S/C8H14FNO4/c1-13-7(11)6(4-3-5-9)10-8(12)14-2/h6H,3-5H2,1-2H3,(H,10,12). The zero-order valence-corrected chi connectivity index (χ0v) is 8.21. The quantitative estimate of drug-likeness (QED) is 0.672. The minimum Gasteiger partial charge on any atom is -0.467 e. The van der Waals surface area contributed by atoms with Crippen molar-refractivity contribution in [3.05, 3.63) is 0 Å². The molecule has 0 heterocycles. The highest BCUT2D eigenvalue weighted by atomic mass is 19.1. The summed E-state index contributed by atoms with van der Waals surface area (Å²) in [6.45, 7) is -0.545. The van der Waals surface area contributed by atoms with Crippen molar-refractivity contribution in [1.82, 2.24) is 5.32 Å². The third kappa shape index (κ3) is 4.64. The maximum absolute atomic E-state index is 11.8. The van der Waals surface area contributed by atoms with Crippen molar-refractivity contribution in [1.29, 1.82) is 0 Å². The van der Waals surface area contributed by atoms with Crippen molar-refractivity contribution in [2.24, 2.45) is 0 Å². The molecule has 0 aliphatic heterocycles. The van der Waals surface area contributed by atoms with Crippen LogP contribution in [0.25, 0.3) is 0 Å². The molecule has 14 heavy (non-hydrogen) atoms. The van der Waals surface area contributed by atoms with Crippen LogP contribution in [0.2, 0.25) is 0 Å². The molecule has 0 saturated heterocycles. The molecule has 0 aliphatic rings. The Morgan fingerprint density at radius 2 is 2.00 bits per heavy atom. The number of alkyl carbamates (subject to hydrolysis) is 1. The van der Waals surface area contributed by atoms with Crippen LogP contribution in [0, 0.1) is 0 Å². The molecular weight excluding hydrogens is 193 g/mol. The number of carbonyl (C=O) groups is 2. The van der Waals surface area contributed by atoms with Gasteiger partial charge in [0, 0.05) is 0 Å². The molecule has 0 fully saturated rings. The molecule has 1 amide bonds. The van der Waals surface area contributed by atoms with Crippen molar-refractivity contribution >= 4 is 12.1 Å². The molecule has 0 aliphatic carbocycles. The number of halogens is 1. The van der Waals surface area contributed by atoms with Gasteiger partial charge in [-0.25, -0.2) is 9.59 Å². The van der Waals surface area contributed by atoms with Gasteiger partial charge < -0.3 is 14.8 Å². The van der Waals surface area contributed by atoms with Gasteiger partial charge in [0.05, 0.1) is 20.9 Å². The lowest BCUT2D eigenvalue weighted by atomic mass is 10.2. The number of esters is 1. The molecule has 5 nitrogen and oxygen atoms in total. The summed E-state index contributed by atoms with van der Waals surface area (Å²) in [5.74, 6) is -0.608. The molecule has 1 unspecified atom stereocenters. The first kappa shape index (κ1) is 12.7. The second kappa shape index (κ2) is 7.11. The smallest absolute Gasteiger partial charge is 0.407 e. The third-order valence-electron chi connectivity index (χ3n) is 1.59. The minimum absolute atomic E-state index is 0.184.